The zero-order valence-corrected chi connectivity index (χ0v) is 12.7. The number of H-pyrrole nitrogens is 1. The van der Waals surface area contributed by atoms with Crippen molar-refractivity contribution in [1.82, 2.24) is 20.5 Å². The highest BCUT2D eigenvalue weighted by atomic mass is 32.1. The van der Waals surface area contributed by atoms with Crippen LogP contribution >= 0.6 is 11.3 Å². The van der Waals surface area contributed by atoms with E-state index < -0.39 is 5.97 Å². The Kier molecular flexibility index (Phi) is 4.08. The van der Waals surface area contributed by atoms with Gasteiger partial charge in [-0.3, -0.25) is 9.89 Å². The van der Waals surface area contributed by atoms with Crippen molar-refractivity contribution in [2.45, 2.75) is 32.7 Å². The van der Waals surface area contributed by atoms with Crippen LogP contribution in [0.2, 0.25) is 0 Å². The molecule has 2 aromatic heterocycles. The van der Waals surface area contributed by atoms with E-state index >= 15 is 0 Å². The number of aromatic nitrogens is 3. The highest BCUT2D eigenvalue weighted by Crippen LogP contribution is 2.20. The minimum absolute atomic E-state index is 0.0148. The number of carbonyl (C=O) groups is 2. The van der Waals surface area contributed by atoms with Crippen LogP contribution in [0.15, 0.2) is 11.4 Å². The number of carboxylic acid groups (broad SMARTS) is 1. The molecule has 0 aliphatic heterocycles. The zero-order chi connectivity index (χ0) is 15.6. The van der Waals surface area contributed by atoms with Crippen LogP contribution in [0.4, 0.5) is 0 Å². The van der Waals surface area contributed by atoms with Crippen molar-refractivity contribution in [3.8, 4) is 0 Å². The molecule has 1 amide bonds. The van der Waals surface area contributed by atoms with E-state index in [0.29, 0.717) is 10.7 Å². The topological polar surface area (TPSA) is 108 Å². The van der Waals surface area contributed by atoms with E-state index in [0.717, 1.165) is 5.69 Å². The van der Waals surface area contributed by atoms with Crippen LogP contribution < -0.4 is 5.32 Å². The highest BCUT2D eigenvalue weighted by molar-refractivity contribution is 7.09. The van der Waals surface area contributed by atoms with Gasteiger partial charge in [0, 0.05) is 16.5 Å². The summed E-state index contributed by atoms with van der Waals surface area (Å²) in [6, 6.07) is 1.71. The lowest BCUT2D eigenvalue weighted by molar-refractivity contribution is 0.0691. The van der Waals surface area contributed by atoms with Gasteiger partial charge in [-0.2, -0.15) is 5.10 Å². The third-order valence-electron chi connectivity index (χ3n) is 2.79. The number of rotatable bonds is 4. The predicted octanol–water partition coefficient (Wildman–Crippen LogP) is 1.79. The summed E-state index contributed by atoms with van der Waals surface area (Å²) in [5.74, 6) is -1.40. The van der Waals surface area contributed by atoms with E-state index in [2.05, 4.69) is 20.5 Å². The number of thiazole rings is 1. The molecular weight excluding hydrogens is 292 g/mol. The Morgan fingerprint density at radius 2 is 2.10 bits per heavy atom. The molecule has 112 valence electrons. The smallest absolute Gasteiger partial charge is 0.355 e. The van der Waals surface area contributed by atoms with E-state index in [4.69, 9.17) is 5.11 Å². The van der Waals surface area contributed by atoms with Crippen molar-refractivity contribution in [3.63, 3.8) is 0 Å². The Morgan fingerprint density at radius 1 is 1.38 bits per heavy atom. The first-order valence-electron chi connectivity index (χ1n) is 6.29. The molecule has 0 spiro atoms. The number of hydrogen-bond acceptors (Lipinski definition) is 5. The highest BCUT2D eigenvalue weighted by Gasteiger charge is 2.19. The van der Waals surface area contributed by atoms with Gasteiger partial charge in [-0.25, -0.2) is 9.78 Å². The number of hydrogen-bond donors (Lipinski definition) is 3. The third-order valence-corrected chi connectivity index (χ3v) is 3.64. The second kappa shape index (κ2) is 5.65. The first-order chi connectivity index (χ1) is 9.77. The largest absolute Gasteiger partial charge is 0.476 e. The SMILES string of the molecule is CC(C)(C)c1cc(C(=O)NCc2nc(C(=O)O)cs2)n[nH]1. The van der Waals surface area contributed by atoms with Gasteiger partial charge in [0.2, 0.25) is 0 Å². The fourth-order valence-electron chi connectivity index (χ4n) is 1.56. The predicted molar refractivity (Wildman–Crippen MR) is 77.5 cm³/mol. The molecule has 0 aromatic carbocycles. The molecule has 3 N–H and O–H groups in total. The van der Waals surface area contributed by atoms with Gasteiger partial charge in [-0.1, -0.05) is 20.8 Å². The van der Waals surface area contributed by atoms with E-state index in [-0.39, 0.29) is 23.6 Å². The number of carbonyl (C=O) groups excluding carboxylic acids is 1. The normalized spacial score (nSPS) is 11.4. The van der Waals surface area contributed by atoms with Crippen LogP contribution in [0.3, 0.4) is 0 Å². The molecule has 0 unspecified atom stereocenters. The summed E-state index contributed by atoms with van der Waals surface area (Å²) < 4.78 is 0. The van der Waals surface area contributed by atoms with Crippen molar-refractivity contribution >= 4 is 23.2 Å². The van der Waals surface area contributed by atoms with Crippen molar-refractivity contribution in [2.75, 3.05) is 0 Å². The molecule has 0 aliphatic carbocycles. The van der Waals surface area contributed by atoms with E-state index in [1.807, 2.05) is 20.8 Å². The first kappa shape index (κ1) is 15.2. The summed E-state index contributed by atoms with van der Waals surface area (Å²) in [7, 11) is 0. The third kappa shape index (κ3) is 3.66. The molecule has 21 heavy (non-hydrogen) atoms. The average Bonchev–Trinajstić information content (AvgIpc) is 3.04. The summed E-state index contributed by atoms with van der Waals surface area (Å²) in [6.45, 7) is 6.23. The summed E-state index contributed by atoms with van der Waals surface area (Å²) in [4.78, 5) is 26.6. The van der Waals surface area contributed by atoms with Gasteiger partial charge in [0.1, 0.15) is 10.7 Å². The van der Waals surface area contributed by atoms with Crippen LogP contribution in [0, 0.1) is 0 Å². The number of nitrogens with zero attached hydrogens (tertiary/aromatic N) is 2. The van der Waals surface area contributed by atoms with E-state index in [1.165, 1.54) is 16.7 Å². The Morgan fingerprint density at radius 3 is 2.62 bits per heavy atom. The fraction of sp³-hybridized carbons (Fsp3) is 0.385. The zero-order valence-electron chi connectivity index (χ0n) is 11.9. The van der Waals surface area contributed by atoms with E-state index in [9.17, 15) is 9.59 Å². The van der Waals surface area contributed by atoms with Gasteiger partial charge >= 0.3 is 5.97 Å². The van der Waals surface area contributed by atoms with Crippen molar-refractivity contribution in [3.05, 3.63) is 33.5 Å². The van der Waals surface area contributed by atoms with Gasteiger partial charge in [0.05, 0.1) is 6.54 Å². The molecule has 7 nitrogen and oxygen atoms in total. The average molecular weight is 308 g/mol. The van der Waals surface area contributed by atoms with Gasteiger partial charge in [0.15, 0.2) is 5.69 Å². The van der Waals surface area contributed by atoms with Crippen molar-refractivity contribution in [2.24, 2.45) is 0 Å². The summed E-state index contributed by atoms with van der Waals surface area (Å²) >= 11 is 1.19. The van der Waals surface area contributed by atoms with Crippen LogP contribution in [-0.4, -0.2) is 32.2 Å². The monoisotopic (exact) mass is 308 g/mol. The number of carboxylic acids is 1. The molecule has 0 radical (unpaired) electrons. The molecule has 2 aromatic rings. The minimum atomic E-state index is -1.08. The summed E-state index contributed by atoms with van der Waals surface area (Å²) in [6.07, 6.45) is 0. The molecule has 2 heterocycles. The standard InChI is InChI=1S/C13H16N4O3S/c1-13(2,3)9-4-7(16-17-9)11(18)14-5-10-15-8(6-21-10)12(19)20/h4,6H,5H2,1-3H3,(H,14,18)(H,16,17)(H,19,20). The second-order valence-corrected chi connectivity index (χ2v) is 6.47. The van der Waals surface area contributed by atoms with Crippen LogP contribution in [0.25, 0.3) is 0 Å². The summed E-state index contributed by atoms with van der Waals surface area (Å²) in [5, 5.41) is 20.2. The Labute approximate surface area is 125 Å². The van der Waals surface area contributed by atoms with Crippen molar-refractivity contribution in [1.29, 1.82) is 0 Å². The van der Waals surface area contributed by atoms with Crippen LogP contribution in [0.1, 0.15) is 52.4 Å². The molecule has 0 fully saturated rings. The molecule has 8 heteroatoms. The summed E-state index contributed by atoms with van der Waals surface area (Å²) in [5.41, 5.74) is 1.04. The lowest BCUT2D eigenvalue weighted by Gasteiger charge is -2.14. The first-order valence-corrected chi connectivity index (χ1v) is 7.17. The maximum atomic E-state index is 12.0. The minimum Gasteiger partial charge on any atom is -0.476 e. The maximum absolute atomic E-state index is 12.0. The van der Waals surface area contributed by atoms with E-state index in [1.54, 1.807) is 6.07 Å². The molecule has 2 rings (SSSR count). The quantitative estimate of drug-likeness (QED) is 0.798. The number of aromatic carboxylic acids is 1. The molecular formula is C13H16N4O3S. The van der Waals surface area contributed by atoms with Crippen molar-refractivity contribution < 1.29 is 14.7 Å². The number of aromatic amines is 1. The fourth-order valence-corrected chi connectivity index (χ4v) is 2.27. The van der Waals surface area contributed by atoms with Gasteiger partial charge < -0.3 is 10.4 Å². The molecule has 0 atom stereocenters. The molecule has 0 aliphatic rings. The molecule has 0 bridgehead atoms. The molecule has 0 saturated carbocycles. The van der Waals surface area contributed by atoms with Gasteiger partial charge in [-0.05, 0) is 6.07 Å². The van der Waals surface area contributed by atoms with Crippen LogP contribution in [-0.2, 0) is 12.0 Å². The maximum Gasteiger partial charge on any atom is 0.355 e. The Hall–Kier alpha value is -2.22. The Bertz CT molecular complexity index is 669. The lowest BCUT2D eigenvalue weighted by atomic mass is 9.92. The lowest BCUT2D eigenvalue weighted by Crippen LogP contribution is -2.23. The van der Waals surface area contributed by atoms with Gasteiger partial charge in [-0.15, -0.1) is 11.3 Å². The number of nitrogens with one attached hydrogen (secondary N) is 2. The second-order valence-electron chi connectivity index (χ2n) is 5.53. The van der Waals surface area contributed by atoms with Crippen LogP contribution in [0.5, 0.6) is 0 Å². The van der Waals surface area contributed by atoms with Gasteiger partial charge in [0.25, 0.3) is 5.91 Å². The molecule has 0 saturated heterocycles. The number of amides is 1. The Balaban J connectivity index is 1.98.